The molecule has 144 valence electrons. The van der Waals surface area contributed by atoms with Crippen molar-refractivity contribution in [1.29, 1.82) is 0 Å². The van der Waals surface area contributed by atoms with Gasteiger partial charge in [-0.25, -0.2) is 23.1 Å². The van der Waals surface area contributed by atoms with Gasteiger partial charge in [0.2, 0.25) is 10.0 Å². The molecule has 4 N–H and O–H groups in total. The van der Waals surface area contributed by atoms with Crippen LogP contribution in [0.5, 0.6) is 0 Å². The Morgan fingerprint density at radius 2 is 1.92 bits per heavy atom. The number of hydrogen-bond donors (Lipinski definition) is 3. The SMILES string of the molecule is CC(OC(=O)c1csc(S(N)(=O)=O)c1)C(=O)NC(=O)NC1CCCCC1. The number of imide groups is 1. The average Bonchev–Trinajstić information content (AvgIpc) is 3.06. The van der Waals surface area contributed by atoms with Gasteiger partial charge in [-0.05, 0) is 25.8 Å². The zero-order valence-corrected chi connectivity index (χ0v) is 15.8. The molecule has 1 aliphatic carbocycles. The summed E-state index contributed by atoms with van der Waals surface area (Å²) in [6, 6.07) is 0.483. The van der Waals surface area contributed by atoms with Gasteiger partial charge in [0.1, 0.15) is 4.21 Å². The molecule has 3 amide bonds. The van der Waals surface area contributed by atoms with Gasteiger partial charge in [0.25, 0.3) is 5.91 Å². The van der Waals surface area contributed by atoms with E-state index in [0.29, 0.717) is 0 Å². The van der Waals surface area contributed by atoms with Crippen LogP contribution in [0.2, 0.25) is 0 Å². The molecule has 1 aliphatic rings. The van der Waals surface area contributed by atoms with E-state index in [0.717, 1.165) is 49.5 Å². The van der Waals surface area contributed by atoms with E-state index in [1.807, 2.05) is 0 Å². The third-order valence-corrected chi connectivity index (χ3v) is 6.31. The predicted octanol–water partition coefficient (Wildman–Crippen LogP) is 1.10. The standard InChI is InChI=1S/C15H21N3O6S2/c1-9(13(19)18-15(21)17-11-5-3-2-4-6-11)24-14(20)10-7-12(25-8-10)26(16,22)23/h7-9,11H,2-6H2,1H3,(H2,16,22,23)(H2,17,18,19,21). The van der Waals surface area contributed by atoms with Crippen LogP contribution in [0, 0.1) is 0 Å². The van der Waals surface area contributed by atoms with Crippen molar-refractivity contribution in [2.24, 2.45) is 5.14 Å². The Morgan fingerprint density at radius 1 is 1.27 bits per heavy atom. The van der Waals surface area contributed by atoms with Crippen molar-refractivity contribution in [2.75, 3.05) is 0 Å². The highest BCUT2D eigenvalue weighted by atomic mass is 32.2. The minimum Gasteiger partial charge on any atom is -0.449 e. The van der Waals surface area contributed by atoms with Crippen LogP contribution in [0.1, 0.15) is 49.4 Å². The number of esters is 1. The summed E-state index contributed by atoms with van der Waals surface area (Å²) in [7, 11) is -3.91. The van der Waals surface area contributed by atoms with Crippen LogP contribution in [-0.2, 0) is 19.6 Å². The molecule has 0 aliphatic heterocycles. The lowest BCUT2D eigenvalue weighted by Crippen LogP contribution is -2.48. The number of hydrogen-bond acceptors (Lipinski definition) is 7. The quantitative estimate of drug-likeness (QED) is 0.628. The van der Waals surface area contributed by atoms with Gasteiger partial charge in [-0.1, -0.05) is 19.3 Å². The van der Waals surface area contributed by atoms with Gasteiger partial charge in [0.15, 0.2) is 6.10 Å². The highest BCUT2D eigenvalue weighted by molar-refractivity contribution is 7.91. The van der Waals surface area contributed by atoms with Crippen LogP contribution < -0.4 is 15.8 Å². The Labute approximate surface area is 155 Å². The first-order valence-electron chi connectivity index (χ1n) is 8.10. The molecule has 1 unspecified atom stereocenters. The lowest BCUT2D eigenvalue weighted by Gasteiger charge is -2.23. The second kappa shape index (κ2) is 8.60. The maximum Gasteiger partial charge on any atom is 0.339 e. The molecule has 0 aromatic carbocycles. The Morgan fingerprint density at radius 3 is 2.50 bits per heavy atom. The normalized spacial score (nSPS) is 16.5. The first-order valence-corrected chi connectivity index (χ1v) is 10.5. The van der Waals surface area contributed by atoms with Crippen LogP contribution in [0.25, 0.3) is 0 Å². The number of nitrogens with one attached hydrogen (secondary N) is 2. The molecule has 1 fully saturated rings. The third kappa shape index (κ3) is 5.78. The van der Waals surface area contributed by atoms with Crippen molar-refractivity contribution in [3.8, 4) is 0 Å². The second-order valence-electron chi connectivity index (χ2n) is 6.04. The van der Waals surface area contributed by atoms with Gasteiger partial charge in [0, 0.05) is 11.4 Å². The second-order valence-corrected chi connectivity index (χ2v) is 8.74. The van der Waals surface area contributed by atoms with Crippen molar-refractivity contribution >= 4 is 39.3 Å². The zero-order valence-electron chi connectivity index (χ0n) is 14.2. The molecule has 0 bridgehead atoms. The number of carbonyl (C=O) groups excluding carboxylic acids is 3. The minimum atomic E-state index is -3.91. The minimum absolute atomic E-state index is 0.0367. The van der Waals surface area contributed by atoms with E-state index in [1.54, 1.807) is 0 Å². The van der Waals surface area contributed by atoms with E-state index >= 15 is 0 Å². The number of sulfonamides is 1. The zero-order chi connectivity index (χ0) is 19.3. The summed E-state index contributed by atoms with van der Waals surface area (Å²) in [6.07, 6.45) is 3.73. The number of primary sulfonamides is 1. The maximum atomic E-state index is 12.0. The van der Waals surface area contributed by atoms with Crippen LogP contribution in [-0.4, -0.2) is 38.5 Å². The number of ether oxygens (including phenoxy) is 1. The van der Waals surface area contributed by atoms with Crippen molar-refractivity contribution < 1.29 is 27.5 Å². The van der Waals surface area contributed by atoms with Crippen molar-refractivity contribution in [3.05, 3.63) is 17.0 Å². The molecule has 9 nitrogen and oxygen atoms in total. The van der Waals surface area contributed by atoms with Gasteiger partial charge in [-0.3, -0.25) is 10.1 Å². The Balaban J connectivity index is 1.84. The number of carbonyl (C=O) groups is 3. The van der Waals surface area contributed by atoms with Gasteiger partial charge in [-0.15, -0.1) is 11.3 Å². The summed E-state index contributed by atoms with van der Waals surface area (Å²) < 4.78 is 27.2. The molecule has 26 heavy (non-hydrogen) atoms. The number of rotatable bonds is 5. The molecule has 1 aromatic heterocycles. The van der Waals surface area contributed by atoms with E-state index in [2.05, 4.69) is 10.6 Å². The highest BCUT2D eigenvalue weighted by Crippen LogP contribution is 2.20. The fraction of sp³-hybridized carbons (Fsp3) is 0.533. The summed E-state index contributed by atoms with van der Waals surface area (Å²) in [5.41, 5.74) is -0.0367. The monoisotopic (exact) mass is 403 g/mol. The lowest BCUT2D eigenvalue weighted by atomic mass is 9.96. The molecule has 2 rings (SSSR count). The van der Waals surface area contributed by atoms with Gasteiger partial charge in [0.05, 0.1) is 5.56 Å². The van der Waals surface area contributed by atoms with Crippen molar-refractivity contribution in [1.82, 2.24) is 10.6 Å². The summed E-state index contributed by atoms with van der Waals surface area (Å²) in [6.45, 7) is 1.31. The first kappa shape index (κ1) is 20.3. The number of urea groups is 1. The number of thiophene rings is 1. The van der Waals surface area contributed by atoms with Gasteiger partial charge in [-0.2, -0.15) is 0 Å². The molecule has 1 heterocycles. The molecule has 1 saturated carbocycles. The van der Waals surface area contributed by atoms with E-state index in [4.69, 9.17) is 9.88 Å². The molecular weight excluding hydrogens is 382 g/mol. The van der Waals surface area contributed by atoms with Crippen molar-refractivity contribution in [3.63, 3.8) is 0 Å². The number of nitrogens with two attached hydrogens (primary N) is 1. The molecular formula is C15H21N3O6S2. The first-order chi connectivity index (χ1) is 12.2. The van der Waals surface area contributed by atoms with Crippen LogP contribution in [0.15, 0.2) is 15.7 Å². The molecule has 0 radical (unpaired) electrons. The van der Waals surface area contributed by atoms with Crippen LogP contribution in [0.4, 0.5) is 4.79 Å². The highest BCUT2D eigenvalue weighted by Gasteiger charge is 2.24. The van der Waals surface area contributed by atoms with Crippen molar-refractivity contribution in [2.45, 2.75) is 55.4 Å². The fourth-order valence-electron chi connectivity index (χ4n) is 2.54. The summed E-state index contributed by atoms with van der Waals surface area (Å²) in [5.74, 6) is -1.65. The fourth-order valence-corrected chi connectivity index (χ4v) is 4.11. The summed E-state index contributed by atoms with van der Waals surface area (Å²) in [5, 5.41) is 11.1. The summed E-state index contributed by atoms with van der Waals surface area (Å²) >= 11 is 0.772. The molecule has 1 aromatic rings. The molecule has 1 atom stereocenters. The largest absolute Gasteiger partial charge is 0.449 e. The Bertz CT molecular complexity index is 783. The van der Waals surface area contributed by atoms with E-state index < -0.39 is 34.0 Å². The van der Waals surface area contributed by atoms with Crippen LogP contribution >= 0.6 is 11.3 Å². The smallest absolute Gasteiger partial charge is 0.339 e. The van der Waals surface area contributed by atoms with Crippen LogP contribution in [0.3, 0.4) is 0 Å². The summed E-state index contributed by atoms with van der Waals surface area (Å²) in [4.78, 5) is 35.8. The van der Waals surface area contributed by atoms with E-state index in [1.165, 1.54) is 12.3 Å². The maximum absolute atomic E-state index is 12.0. The molecule has 11 heteroatoms. The van der Waals surface area contributed by atoms with E-state index in [9.17, 15) is 22.8 Å². The molecule has 0 saturated heterocycles. The number of amides is 3. The predicted molar refractivity (Wildman–Crippen MR) is 94.1 cm³/mol. The van der Waals surface area contributed by atoms with E-state index in [-0.39, 0.29) is 15.8 Å². The Hall–Kier alpha value is -1.98. The van der Waals surface area contributed by atoms with Gasteiger partial charge >= 0.3 is 12.0 Å². The third-order valence-electron chi connectivity index (χ3n) is 3.92. The lowest BCUT2D eigenvalue weighted by molar-refractivity contribution is -0.127. The molecule has 0 spiro atoms. The Kier molecular flexibility index (Phi) is 6.73. The topological polar surface area (TPSA) is 145 Å². The van der Waals surface area contributed by atoms with Gasteiger partial charge < -0.3 is 10.1 Å². The average molecular weight is 403 g/mol.